The van der Waals surface area contributed by atoms with Gasteiger partial charge in [0.15, 0.2) is 0 Å². The number of oxime groups is 1. The number of rotatable bonds is 27. The van der Waals surface area contributed by atoms with Crippen LogP contribution in [-0.2, 0) is 37.0 Å². The first-order chi connectivity index (χ1) is 31.4. The van der Waals surface area contributed by atoms with Gasteiger partial charge in [-0.1, -0.05) is 66.5 Å². The number of pyridine rings is 1. The molecule has 0 spiro atoms. The van der Waals surface area contributed by atoms with Gasteiger partial charge in [-0.15, -0.1) is 6.58 Å². The van der Waals surface area contributed by atoms with E-state index in [1.807, 2.05) is 74.5 Å². The highest BCUT2D eigenvalue weighted by molar-refractivity contribution is 6.03. The fraction of sp³-hybridized carbons (Fsp3) is 0.540. The zero-order chi connectivity index (χ0) is 45.2. The third-order valence-electron chi connectivity index (χ3n) is 12.2. The maximum atomic E-state index is 14.6. The molecule has 64 heavy (non-hydrogen) atoms. The van der Waals surface area contributed by atoms with E-state index in [1.54, 1.807) is 11.0 Å². The minimum Gasteiger partial charge on any atom is -0.487 e. The van der Waals surface area contributed by atoms with Crippen LogP contribution in [-0.4, -0.2) is 115 Å². The number of carbonyl (C=O) groups excluding carboxylic acids is 1. The zero-order valence-corrected chi connectivity index (χ0v) is 37.5. The number of fused-ring (bicyclic) bond motifs is 2. The Balaban J connectivity index is 1.46. The lowest BCUT2D eigenvalue weighted by Crippen LogP contribution is -2.70. The van der Waals surface area contributed by atoms with Crippen LogP contribution >= 0.6 is 0 Å². The monoisotopic (exact) mass is 885 g/mol. The van der Waals surface area contributed by atoms with Crippen molar-refractivity contribution in [1.82, 2.24) is 9.88 Å². The summed E-state index contributed by atoms with van der Waals surface area (Å²) in [5.74, 6) is -0.880. The molecule has 2 aromatic carbocycles. The van der Waals surface area contributed by atoms with E-state index >= 15 is 0 Å². The number of amides is 1. The number of aliphatic hydroxyl groups is 3. The second kappa shape index (κ2) is 25.0. The molecule has 348 valence electrons. The molecule has 0 unspecified atom stereocenters. The van der Waals surface area contributed by atoms with Gasteiger partial charge in [0.1, 0.15) is 37.4 Å². The lowest BCUT2D eigenvalue weighted by atomic mass is 9.55. The Kier molecular flexibility index (Phi) is 19.0. The van der Waals surface area contributed by atoms with Gasteiger partial charge in [0.2, 0.25) is 5.79 Å². The number of aromatic nitrogens is 1. The van der Waals surface area contributed by atoms with E-state index in [1.165, 1.54) is 0 Å². The Bertz CT molecular complexity index is 1980. The Morgan fingerprint density at radius 2 is 1.75 bits per heavy atom. The summed E-state index contributed by atoms with van der Waals surface area (Å²) < 4.78 is 38.4. The molecule has 0 bridgehead atoms. The summed E-state index contributed by atoms with van der Waals surface area (Å²) >= 11 is 0. The number of aliphatic hydroxyl groups excluding tert-OH is 3. The molecule has 6 rings (SSSR count). The molecule has 14 heteroatoms. The van der Waals surface area contributed by atoms with Crippen LogP contribution in [0.25, 0.3) is 0 Å². The van der Waals surface area contributed by atoms with Crippen molar-refractivity contribution in [3.8, 4) is 11.5 Å². The lowest BCUT2D eigenvalue weighted by molar-refractivity contribution is -0.256. The number of ether oxygens (including phenoxy) is 6. The first-order valence-electron chi connectivity index (χ1n) is 22.9. The van der Waals surface area contributed by atoms with Crippen LogP contribution in [0, 0.1) is 24.7 Å². The molecule has 3 aliphatic rings. The smallest absolute Gasteiger partial charge is 0.410 e. The van der Waals surface area contributed by atoms with Crippen molar-refractivity contribution in [2.45, 2.75) is 89.8 Å². The van der Waals surface area contributed by atoms with Crippen molar-refractivity contribution in [2.75, 3.05) is 66.0 Å². The minimum atomic E-state index is -1.48. The normalized spacial score (nSPS) is 22.7. The van der Waals surface area contributed by atoms with Crippen molar-refractivity contribution in [2.24, 2.45) is 22.9 Å². The number of carbonyl (C=O) groups is 1. The van der Waals surface area contributed by atoms with Gasteiger partial charge in [0, 0.05) is 43.4 Å². The third-order valence-corrected chi connectivity index (χ3v) is 12.2. The molecule has 14 nitrogen and oxygen atoms in total. The second-order valence-corrected chi connectivity index (χ2v) is 16.4. The molecular formula is C50H67N3O11. The largest absolute Gasteiger partial charge is 0.487 e. The number of allylic oxidation sites excluding steroid dienone is 1. The fourth-order valence-electron chi connectivity index (χ4n) is 9.46. The molecular weight excluding hydrogens is 819 g/mol. The molecule has 1 fully saturated rings. The van der Waals surface area contributed by atoms with Crippen LogP contribution in [0.15, 0.2) is 96.2 Å². The molecule has 3 N–H and O–H groups in total. The summed E-state index contributed by atoms with van der Waals surface area (Å²) in [7, 11) is 0. The standard InChI is InChI=1S/C50H67N3O11/c1-4-26-62-50-46(53(22-27-58-28-25-56)49(57)60-30-29-59-34-37-15-7-6-8-16-37)33-44(52-63-5-2)42-31-38(17-9-11-23-54)41(19-10-12-24-55)47(48(42)50)43-32-40(20-21-45(43)64-50)61-35-39-18-13-14-36(3)51-39/h4,6-8,13-16,18,20-21,31-32,38,41,46-48,54-56H,1,5,9-12,17,19,22-30,33-35H2,2-3H3/t38-,41+,46-,47+,48+,50+/m0/s1. The van der Waals surface area contributed by atoms with Gasteiger partial charge >= 0.3 is 6.09 Å². The molecule has 6 atom stereocenters. The Morgan fingerprint density at radius 1 is 0.938 bits per heavy atom. The topological polar surface area (TPSA) is 171 Å². The van der Waals surface area contributed by atoms with E-state index in [-0.39, 0.29) is 90.2 Å². The average Bonchev–Trinajstić information content (AvgIpc) is 3.31. The highest BCUT2D eigenvalue weighted by Crippen LogP contribution is 2.62. The molecule has 1 aromatic heterocycles. The van der Waals surface area contributed by atoms with Gasteiger partial charge < -0.3 is 48.6 Å². The van der Waals surface area contributed by atoms with Gasteiger partial charge in [-0.3, -0.25) is 9.88 Å². The number of hydrogen-bond acceptors (Lipinski definition) is 13. The van der Waals surface area contributed by atoms with Crippen LogP contribution in [0.2, 0.25) is 0 Å². The second-order valence-electron chi connectivity index (χ2n) is 16.4. The summed E-state index contributed by atoms with van der Waals surface area (Å²) in [6.45, 7) is 9.40. The van der Waals surface area contributed by atoms with Crippen molar-refractivity contribution in [1.29, 1.82) is 0 Å². The highest BCUT2D eigenvalue weighted by Gasteiger charge is 2.65. The van der Waals surface area contributed by atoms with Gasteiger partial charge in [-0.25, -0.2) is 4.79 Å². The quantitative estimate of drug-likeness (QED) is 0.0398. The fourth-order valence-corrected chi connectivity index (χ4v) is 9.46. The van der Waals surface area contributed by atoms with Crippen molar-refractivity contribution in [3.63, 3.8) is 0 Å². The van der Waals surface area contributed by atoms with Crippen molar-refractivity contribution >= 4 is 11.8 Å². The summed E-state index contributed by atoms with van der Waals surface area (Å²) in [6, 6.07) is 20.7. The molecule has 3 aromatic rings. The first kappa shape index (κ1) is 48.6. The Labute approximate surface area is 377 Å². The number of nitrogens with zero attached hydrogens (tertiary/aromatic N) is 3. The van der Waals surface area contributed by atoms with Crippen LogP contribution < -0.4 is 9.47 Å². The highest BCUT2D eigenvalue weighted by atomic mass is 16.7. The number of benzene rings is 2. The first-order valence-corrected chi connectivity index (χ1v) is 22.9. The van der Waals surface area contributed by atoms with Crippen molar-refractivity contribution in [3.05, 3.63) is 114 Å². The van der Waals surface area contributed by atoms with Gasteiger partial charge in [-0.2, -0.15) is 0 Å². The maximum absolute atomic E-state index is 14.6. The molecule has 1 saturated carbocycles. The SMILES string of the molecule is C=CCO[C@@]12Oc3ccc(OCc4cccc(C)n4)cc3[C@H]3[C@H](CCCCO)[C@@H](CCCCO)C=C(C(=NOCC)C[C@@H]1N(CCOCCO)C(=O)OCCOCc1ccccc1)[C@H]32. The van der Waals surface area contributed by atoms with Crippen LogP contribution in [0.3, 0.4) is 0 Å². The lowest BCUT2D eigenvalue weighted by Gasteiger charge is -2.59. The minimum absolute atomic E-state index is 0.00299. The molecule has 1 aliphatic heterocycles. The predicted octanol–water partition coefficient (Wildman–Crippen LogP) is 7.29. The van der Waals surface area contributed by atoms with Gasteiger partial charge in [0.25, 0.3) is 0 Å². The van der Waals surface area contributed by atoms with Gasteiger partial charge in [-0.05, 0) is 92.8 Å². The predicted molar refractivity (Wildman–Crippen MR) is 242 cm³/mol. The summed E-state index contributed by atoms with van der Waals surface area (Å²) in [4.78, 5) is 26.7. The molecule has 0 saturated heterocycles. The maximum Gasteiger partial charge on any atom is 0.410 e. The van der Waals surface area contributed by atoms with E-state index in [0.29, 0.717) is 43.3 Å². The van der Waals surface area contributed by atoms with Crippen LogP contribution in [0.1, 0.15) is 80.3 Å². The molecule has 0 radical (unpaired) electrons. The molecule has 2 aliphatic carbocycles. The van der Waals surface area contributed by atoms with E-state index in [4.69, 9.17) is 38.4 Å². The van der Waals surface area contributed by atoms with Crippen LogP contribution in [0.4, 0.5) is 4.79 Å². The zero-order valence-electron chi connectivity index (χ0n) is 37.5. The van der Waals surface area contributed by atoms with E-state index < -0.39 is 23.8 Å². The van der Waals surface area contributed by atoms with E-state index in [0.717, 1.165) is 53.8 Å². The van der Waals surface area contributed by atoms with Gasteiger partial charge in [0.05, 0.1) is 57.0 Å². The molecule has 1 amide bonds. The number of unbranched alkanes of at least 4 members (excludes halogenated alkanes) is 2. The van der Waals surface area contributed by atoms with Crippen molar-refractivity contribution < 1.29 is 53.4 Å². The average molecular weight is 886 g/mol. The van der Waals surface area contributed by atoms with E-state index in [9.17, 15) is 20.1 Å². The Hall–Kier alpha value is -4.83. The third kappa shape index (κ3) is 12.3. The summed E-state index contributed by atoms with van der Waals surface area (Å²) in [5.41, 5.74) is 5.26. The molecule has 2 heterocycles. The van der Waals surface area contributed by atoms with E-state index in [2.05, 4.69) is 23.7 Å². The van der Waals surface area contributed by atoms with Crippen LogP contribution in [0.5, 0.6) is 11.5 Å². The number of aryl methyl sites for hydroxylation is 1. The summed E-state index contributed by atoms with van der Waals surface area (Å²) in [6.07, 6.45) is 8.09. The Morgan fingerprint density at radius 3 is 2.50 bits per heavy atom. The summed E-state index contributed by atoms with van der Waals surface area (Å²) in [5, 5.41) is 34.2. The number of hydrogen-bond donors (Lipinski definition) is 3.